The van der Waals surface area contributed by atoms with Crippen molar-refractivity contribution in [3.05, 3.63) is 65.7 Å². The molecule has 0 amide bonds. The minimum Gasteiger partial charge on any atom is -0.492 e. The first-order valence-electron chi connectivity index (χ1n) is 7.46. The summed E-state index contributed by atoms with van der Waals surface area (Å²) in [5, 5.41) is 6.53. The van der Waals surface area contributed by atoms with Crippen LogP contribution in [-0.2, 0) is 6.54 Å². The van der Waals surface area contributed by atoms with Crippen molar-refractivity contribution in [1.29, 1.82) is 0 Å². The summed E-state index contributed by atoms with van der Waals surface area (Å²) in [5.41, 5.74) is 2.50. The Labute approximate surface area is 132 Å². The quantitative estimate of drug-likeness (QED) is 0.489. The molecule has 0 saturated heterocycles. The van der Waals surface area contributed by atoms with E-state index in [-0.39, 0.29) is 0 Å². The Morgan fingerprint density at radius 3 is 2.59 bits per heavy atom. The average Bonchev–Trinajstić information content (AvgIpc) is 2.55. The molecule has 4 heteroatoms. The van der Waals surface area contributed by atoms with Crippen LogP contribution in [0.15, 0.2) is 59.6 Å². The van der Waals surface area contributed by atoms with Crippen LogP contribution in [0.25, 0.3) is 0 Å². The summed E-state index contributed by atoms with van der Waals surface area (Å²) in [6, 6.07) is 18.2. The number of nitrogens with one attached hydrogen (secondary N) is 2. The van der Waals surface area contributed by atoms with E-state index >= 15 is 0 Å². The van der Waals surface area contributed by atoms with Crippen LogP contribution >= 0.6 is 0 Å². The average molecular weight is 297 g/mol. The molecule has 4 nitrogen and oxygen atoms in total. The number of nitrogens with zero attached hydrogens (tertiary/aromatic N) is 1. The van der Waals surface area contributed by atoms with E-state index < -0.39 is 0 Å². The SMILES string of the molecule is CN=C(NCCOc1ccccc1)NCc1cccc(C)c1. The molecule has 116 valence electrons. The molecule has 0 unspecified atom stereocenters. The van der Waals surface area contributed by atoms with Gasteiger partial charge >= 0.3 is 0 Å². The van der Waals surface area contributed by atoms with Crippen molar-refractivity contribution >= 4 is 5.96 Å². The molecular formula is C18H23N3O. The summed E-state index contributed by atoms with van der Waals surface area (Å²) in [4.78, 5) is 4.21. The molecule has 2 rings (SSSR count). The first-order chi connectivity index (χ1) is 10.8. The summed E-state index contributed by atoms with van der Waals surface area (Å²) >= 11 is 0. The van der Waals surface area contributed by atoms with Crippen LogP contribution in [0.2, 0.25) is 0 Å². The van der Waals surface area contributed by atoms with Crippen LogP contribution in [-0.4, -0.2) is 26.2 Å². The number of aliphatic imine (C=N–C) groups is 1. The van der Waals surface area contributed by atoms with Crippen molar-refractivity contribution in [2.45, 2.75) is 13.5 Å². The van der Waals surface area contributed by atoms with Gasteiger partial charge in [0.25, 0.3) is 0 Å². The minimum absolute atomic E-state index is 0.592. The van der Waals surface area contributed by atoms with Gasteiger partial charge < -0.3 is 15.4 Å². The first-order valence-corrected chi connectivity index (χ1v) is 7.46. The van der Waals surface area contributed by atoms with Gasteiger partial charge in [0, 0.05) is 13.6 Å². The number of rotatable bonds is 6. The summed E-state index contributed by atoms with van der Waals surface area (Å²) in [7, 11) is 1.77. The molecule has 0 bridgehead atoms. The van der Waals surface area contributed by atoms with Crippen molar-refractivity contribution in [3.63, 3.8) is 0 Å². The maximum absolute atomic E-state index is 5.63. The lowest BCUT2D eigenvalue weighted by atomic mass is 10.1. The van der Waals surface area contributed by atoms with Gasteiger partial charge in [-0.2, -0.15) is 0 Å². The van der Waals surface area contributed by atoms with Crippen molar-refractivity contribution in [2.75, 3.05) is 20.2 Å². The van der Waals surface area contributed by atoms with Crippen molar-refractivity contribution in [1.82, 2.24) is 10.6 Å². The molecule has 2 aromatic carbocycles. The lowest BCUT2D eigenvalue weighted by Crippen LogP contribution is -2.38. The van der Waals surface area contributed by atoms with Crippen LogP contribution in [0.1, 0.15) is 11.1 Å². The molecule has 0 aliphatic rings. The predicted octanol–water partition coefficient (Wildman–Crippen LogP) is 2.74. The first kappa shape index (κ1) is 15.9. The number of ether oxygens (including phenoxy) is 1. The Balaban J connectivity index is 1.69. The molecule has 0 atom stereocenters. The Morgan fingerprint density at radius 1 is 1.05 bits per heavy atom. The minimum atomic E-state index is 0.592. The zero-order valence-electron chi connectivity index (χ0n) is 13.2. The van der Waals surface area contributed by atoms with Crippen LogP contribution in [0.4, 0.5) is 0 Å². The second kappa shape index (κ2) is 8.72. The topological polar surface area (TPSA) is 45.7 Å². The number of guanidine groups is 1. The number of benzene rings is 2. The van der Waals surface area contributed by atoms with E-state index in [1.165, 1.54) is 11.1 Å². The summed E-state index contributed by atoms with van der Waals surface area (Å²) in [5.74, 6) is 1.66. The number of hydrogen-bond acceptors (Lipinski definition) is 2. The third kappa shape index (κ3) is 5.48. The molecule has 0 aliphatic heterocycles. The number of hydrogen-bond donors (Lipinski definition) is 2. The van der Waals surface area contributed by atoms with Gasteiger partial charge in [-0.1, -0.05) is 48.0 Å². The van der Waals surface area contributed by atoms with Crippen LogP contribution in [0.5, 0.6) is 5.75 Å². The maximum atomic E-state index is 5.63. The second-order valence-electron chi connectivity index (χ2n) is 5.00. The van der Waals surface area contributed by atoms with Gasteiger partial charge in [-0.3, -0.25) is 4.99 Å². The van der Waals surface area contributed by atoms with Crippen LogP contribution in [0.3, 0.4) is 0 Å². The van der Waals surface area contributed by atoms with Crippen molar-refractivity contribution in [3.8, 4) is 5.75 Å². The third-order valence-corrected chi connectivity index (χ3v) is 3.17. The van der Waals surface area contributed by atoms with Crippen molar-refractivity contribution in [2.24, 2.45) is 4.99 Å². The summed E-state index contributed by atoms with van der Waals surface area (Å²) in [6.45, 7) is 4.13. The number of aryl methyl sites for hydroxylation is 1. The highest BCUT2D eigenvalue weighted by Gasteiger charge is 1.99. The molecule has 0 aliphatic carbocycles. The highest BCUT2D eigenvalue weighted by atomic mass is 16.5. The normalized spacial score (nSPS) is 11.1. The molecule has 0 radical (unpaired) electrons. The van der Waals surface area contributed by atoms with Gasteiger partial charge in [-0.15, -0.1) is 0 Å². The molecule has 0 heterocycles. The fourth-order valence-corrected chi connectivity index (χ4v) is 2.08. The Morgan fingerprint density at radius 2 is 1.86 bits per heavy atom. The molecule has 2 N–H and O–H groups in total. The Hall–Kier alpha value is -2.49. The highest BCUT2D eigenvalue weighted by Crippen LogP contribution is 2.07. The summed E-state index contributed by atoms with van der Waals surface area (Å²) in [6.07, 6.45) is 0. The van der Waals surface area contributed by atoms with Gasteiger partial charge in [0.15, 0.2) is 5.96 Å². The van der Waals surface area contributed by atoms with Crippen molar-refractivity contribution < 1.29 is 4.74 Å². The van der Waals surface area contributed by atoms with E-state index in [1.807, 2.05) is 30.3 Å². The van der Waals surface area contributed by atoms with Gasteiger partial charge in [0.05, 0.1) is 6.54 Å². The zero-order chi connectivity index (χ0) is 15.6. The van der Waals surface area contributed by atoms with Gasteiger partial charge in [0.1, 0.15) is 12.4 Å². The maximum Gasteiger partial charge on any atom is 0.191 e. The fraction of sp³-hybridized carbons (Fsp3) is 0.278. The third-order valence-electron chi connectivity index (χ3n) is 3.17. The van der Waals surface area contributed by atoms with Crippen LogP contribution < -0.4 is 15.4 Å². The largest absolute Gasteiger partial charge is 0.492 e. The van der Waals surface area contributed by atoms with Gasteiger partial charge in [-0.05, 0) is 24.6 Å². The Bertz CT molecular complexity index is 596. The lowest BCUT2D eigenvalue weighted by molar-refractivity contribution is 0.322. The molecular weight excluding hydrogens is 274 g/mol. The Kier molecular flexibility index (Phi) is 6.30. The van der Waals surface area contributed by atoms with Gasteiger partial charge in [0.2, 0.25) is 0 Å². The molecule has 22 heavy (non-hydrogen) atoms. The van der Waals surface area contributed by atoms with E-state index in [9.17, 15) is 0 Å². The molecule has 0 spiro atoms. The highest BCUT2D eigenvalue weighted by molar-refractivity contribution is 5.79. The fourth-order valence-electron chi connectivity index (χ4n) is 2.08. The molecule has 0 aromatic heterocycles. The smallest absolute Gasteiger partial charge is 0.191 e. The van der Waals surface area contributed by atoms with E-state index in [0.29, 0.717) is 13.2 Å². The lowest BCUT2D eigenvalue weighted by Gasteiger charge is -2.12. The molecule has 0 saturated carbocycles. The second-order valence-corrected chi connectivity index (χ2v) is 5.00. The molecule has 2 aromatic rings. The number of para-hydroxylation sites is 1. The molecule has 0 fully saturated rings. The van der Waals surface area contributed by atoms with E-state index in [0.717, 1.165) is 18.3 Å². The summed E-state index contributed by atoms with van der Waals surface area (Å²) < 4.78 is 5.63. The predicted molar refractivity (Wildman–Crippen MR) is 91.3 cm³/mol. The zero-order valence-corrected chi connectivity index (χ0v) is 13.2. The van der Waals surface area contributed by atoms with Crippen LogP contribution in [0, 0.1) is 6.92 Å². The standard InChI is InChI=1S/C18H23N3O/c1-15-7-6-8-16(13-15)14-21-18(19-2)20-11-12-22-17-9-4-3-5-10-17/h3-10,13H,11-12,14H2,1-2H3,(H2,19,20,21). The van der Waals surface area contributed by atoms with E-state index in [2.05, 4.69) is 46.8 Å². The van der Waals surface area contributed by atoms with Gasteiger partial charge in [-0.25, -0.2) is 0 Å². The monoisotopic (exact) mass is 297 g/mol. The van der Waals surface area contributed by atoms with E-state index in [4.69, 9.17) is 4.74 Å². The van der Waals surface area contributed by atoms with E-state index in [1.54, 1.807) is 7.05 Å².